The van der Waals surface area contributed by atoms with E-state index in [-0.39, 0.29) is 0 Å². The van der Waals surface area contributed by atoms with E-state index in [2.05, 4.69) is 45.0 Å². The summed E-state index contributed by atoms with van der Waals surface area (Å²) in [4.78, 5) is 2.89. The fraction of sp³-hybridized carbons (Fsp3) is 1.00. The molecule has 0 aromatic heterocycles. The van der Waals surface area contributed by atoms with Crippen LogP contribution in [0, 0.1) is 11.3 Å². The zero-order valence-electron chi connectivity index (χ0n) is 15.1. The van der Waals surface area contributed by atoms with Gasteiger partial charge in [0.15, 0.2) is 0 Å². The molecule has 0 heterocycles. The Morgan fingerprint density at radius 1 is 1.10 bits per heavy atom. The monoisotopic (exact) mass is 294 g/mol. The molecule has 0 aliphatic heterocycles. The quantitative estimate of drug-likeness (QED) is 0.712. The molecule has 124 valence electrons. The van der Waals surface area contributed by atoms with Crippen molar-refractivity contribution in [3.8, 4) is 0 Å². The Kier molecular flexibility index (Phi) is 6.14. The minimum absolute atomic E-state index is 0.511. The van der Waals surface area contributed by atoms with Crippen molar-refractivity contribution in [2.45, 2.75) is 97.2 Å². The standard InChI is InChI=1S/C19H38N2/c1-6-8-13-21(16-10-11-16)18-14-15(19(3,4)7-2)9-12-17(18)20-5/h15-18,20H,6-14H2,1-5H3. The van der Waals surface area contributed by atoms with Gasteiger partial charge < -0.3 is 5.32 Å². The maximum Gasteiger partial charge on any atom is 0.0254 e. The van der Waals surface area contributed by atoms with Crippen molar-refractivity contribution in [3.05, 3.63) is 0 Å². The molecule has 2 heteroatoms. The fourth-order valence-corrected chi connectivity index (χ4v) is 4.21. The lowest BCUT2D eigenvalue weighted by atomic mass is 9.67. The van der Waals surface area contributed by atoms with Crippen LogP contribution in [0.1, 0.15) is 79.1 Å². The van der Waals surface area contributed by atoms with Crippen molar-refractivity contribution >= 4 is 0 Å². The van der Waals surface area contributed by atoms with E-state index in [1.807, 2.05) is 0 Å². The van der Waals surface area contributed by atoms with E-state index in [0.717, 1.165) is 18.0 Å². The first-order chi connectivity index (χ1) is 10.0. The van der Waals surface area contributed by atoms with Crippen molar-refractivity contribution in [2.75, 3.05) is 13.6 Å². The number of nitrogens with one attached hydrogen (secondary N) is 1. The van der Waals surface area contributed by atoms with Crippen LogP contribution in [0.25, 0.3) is 0 Å². The maximum atomic E-state index is 3.64. The second-order valence-electron chi connectivity index (χ2n) is 8.14. The molecule has 2 fully saturated rings. The average Bonchev–Trinajstić information content (AvgIpc) is 3.32. The van der Waals surface area contributed by atoms with E-state index in [0.29, 0.717) is 11.5 Å². The summed E-state index contributed by atoms with van der Waals surface area (Å²) in [5.74, 6) is 0.903. The molecule has 2 rings (SSSR count). The van der Waals surface area contributed by atoms with Crippen molar-refractivity contribution < 1.29 is 0 Å². The third-order valence-electron chi connectivity index (χ3n) is 6.42. The third-order valence-corrected chi connectivity index (χ3v) is 6.42. The van der Waals surface area contributed by atoms with Gasteiger partial charge in [0.1, 0.15) is 0 Å². The first-order valence-corrected chi connectivity index (χ1v) is 9.46. The Bertz CT molecular complexity index is 309. The van der Waals surface area contributed by atoms with E-state index < -0.39 is 0 Å². The summed E-state index contributed by atoms with van der Waals surface area (Å²) in [5.41, 5.74) is 0.511. The number of unbranched alkanes of at least 4 members (excludes halogenated alkanes) is 1. The predicted molar refractivity (Wildman–Crippen MR) is 92.7 cm³/mol. The lowest BCUT2D eigenvalue weighted by Crippen LogP contribution is -2.54. The number of likely N-dealkylation sites (N-methyl/N-ethyl adjacent to an activating group) is 1. The summed E-state index contributed by atoms with van der Waals surface area (Å²) in [6.45, 7) is 11.0. The zero-order chi connectivity index (χ0) is 15.5. The van der Waals surface area contributed by atoms with Gasteiger partial charge in [0, 0.05) is 18.1 Å². The molecule has 3 atom stereocenters. The topological polar surface area (TPSA) is 15.3 Å². The highest BCUT2D eigenvalue weighted by molar-refractivity contribution is 4.98. The average molecular weight is 295 g/mol. The second kappa shape index (κ2) is 7.46. The largest absolute Gasteiger partial charge is 0.315 e. The molecule has 0 bridgehead atoms. The van der Waals surface area contributed by atoms with Crippen LogP contribution in [0.4, 0.5) is 0 Å². The minimum atomic E-state index is 0.511. The van der Waals surface area contributed by atoms with Crippen LogP contribution >= 0.6 is 0 Å². The Hall–Kier alpha value is -0.0800. The van der Waals surface area contributed by atoms with Crippen molar-refractivity contribution in [2.24, 2.45) is 11.3 Å². The van der Waals surface area contributed by atoms with Crippen LogP contribution in [0.15, 0.2) is 0 Å². The van der Waals surface area contributed by atoms with E-state index in [1.54, 1.807) is 0 Å². The Balaban J connectivity index is 2.07. The van der Waals surface area contributed by atoms with Crippen LogP contribution < -0.4 is 5.32 Å². The lowest BCUT2D eigenvalue weighted by molar-refractivity contribution is 0.0465. The highest BCUT2D eigenvalue weighted by Gasteiger charge is 2.42. The first kappa shape index (κ1) is 17.3. The Morgan fingerprint density at radius 3 is 2.33 bits per heavy atom. The maximum absolute atomic E-state index is 3.64. The number of hydrogen-bond donors (Lipinski definition) is 1. The van der Waals surface area contributed by atoms with Gasteiger partial charge in [-0.3, -0.25) is 4.90 Å². The van der Waals surface area contributed by atoms with E-state index in [4.69, 9.17) is 0 Å². The smallest absolute Gasteiger partial charge is 0.0254 e. The molecule has 3 unspecified atom stereocenters. The van der Waals surface area contributed by atoms with Crippen LogP contribution in [-0.2, 0) is 0 Å². The van der Waals surface area contributed by atoms with Crippen LogP contribution in [0.3, 0.4) is 0 Å². The summed E-state index contributed by atoms with van der Waals surface area (Å²) in [5, 5.41) is 3.64. The normalized spacial score (nSPS) is 30.9. The first-order valence-electron chi connectivity index (χ1n) is 9.46. The number of hydrogen-bond acceptors (Lipinski definition) is 2. The zero-order valence-corrected chi connectivity index (χ0v) is 15.1. The van der Waals surface area contributed by atoms with Crippen molar-refractivity contribution in [3.63, 3.8) is 0 Å². The van der Waals surface area contributed by atoms with E-state index >= 15 is 0 Å². The van der Waals surface area contributed by atoms with Gasteiger partial charge in [-0.15, -0.1) is 0 Å². The molecule has 2 aliphatic rings. The molecule has 2 saturated carbocycles. The lowest BCUT2D eigenvalue weighted by Gasteiger charge is -2.47. The number of nitrogens with zero attached hydrogens (tertiary/aromatic N) is 1. The molecular weight excluding hydrogens is 256 g/mol. The summed E-state index contributed by atoms with van der Waals surface area (Å²) in [6.07, 6.45) is 11.1. The molecule has 2 aliphatic carbocycles. The molecule has 0 amide bonds. The van der Waals surface area contributed by atoms with Crippen molar-refractivity contribution in [1.82, 2.24) is 10.2 Å². The molecule has 0 aromatic rings. The summed E-state index contributed by atoms with van der Waals surface area (Å²) in [6, 6.07) is 2.39. The Labute approximate surface area is 133 Å². The van der Waals surface area contributed by atoms with Gasteiger partial charge in [-0.25, -0.2) is 0 Å². The van der Waals surface area contributed by atoms with Crippen LogP contribution in [0.2, 0.25) is 0 Å². The van der Waals surface area contributed by atoms with Gasteiger partial charge in [0.05, 0.1) is 0 Å². The van der Waals surface area contributed by atoms with Gasteiger partial charge >= 0.3 is 0 Å². The molecule has 21 heavy (non-hydrogen) atoms. The van der Waals surface area contributed by atoms with Gasteiger partial charge in [-0.1, -0.05) is 40.5 Å². The second-order valence-corrected chi connectivity index (χ2v) is 8.14. The van der Waals surface area contributed by atoms with Crippen molar-refractivity contribution in [1.29, 1.82) is 0 Å². The molecule has 2 nitrogen and oxygen atoms in total. The molecule has 1 N–H and O–H groups in total. The molecular formula is C19H38N2. The SMILES string of the molecule is CCCCN(C1CC1)C1CC(C(C)(C)CC)CCC1NC. The molecule has 0 aromatic carbocycles. The highest BCUT2D eigenvalue weighted by Crippen LogP contribution is 2.43. The fourth-order valence-electron chi connectivity index (χ4n) is 4.21. The third kappa shape index (κ3) is 4.22. The van der Waals surface area contributed by atoms with Gasteiger partial charge in [-0.05, 0) is 63.5 Å². The summed E-state index contributed by atoms with van der Waals surface area (Å²) >= 11 is 0. The minimum Gasteiger partial charge on any atom is -0.315 e. The van der Waals surface area contributed by atoms with Crippen LogP contribution in [0.5, 0.6) is 0 Å². The molecule has 0 spiro atoms. The predicted octanol–water partition coefficient (Wildman–Crippen LogP) is 4.44. The highest BCUT2D eigenvalue weighted by atomic mass is 15.2. The summed E-state index contributed by atoms with van der Waals surface area (Å²) < 4.78 is 0. The van der Waals surface area contributed by atoms with E-state index in [9.17, 15) is 0 Å². The van der Waals surface area contributed by atoms with Crippen LogP contribution in [-0.4, -0.2) is 36.6 Å². The number of rotatable bonds is 8. The van der Waals surface area contributed by atoms with Gasteiger partial charge in [0.2, 0.25) is 0 Å². The molecule has 0 saturated heterocycles. The van der Waals surface area contributed by atoms with E-state index in [1.165, 1.54) is 57.9 Å². The molecule has 0 radical (unpaired) electrons. The van der Waals surface area contributed by atoms with Gasteiger partial charge in [-0.2, -0.15) is 0 Å². The summed E-state index contributed by atoms with van der Waals surface area (Å²) in [7, 11) is 2.17. The van der Waals surface area contributed by atoms with Gasteiger partial charge in [0.25, 0.3) is 0 Å². The Morgan fingerprint density at radius 2 is 1.81 bits per heavy atom.